The zero-order chi connectivity index (χ0) is 14.0. The number of nitrogens with zero attached hydrogens (tertiary/aromatic N) is 1. The zero-order valence-corrected chi connectivity index (χ0v) is 14.2. The second-order valence-corrected chi connectivity index (χ2v) is 7.18. The van der Waals surface area contributed by atoms with Crippen molar-refractivity contribution < 1.29 is 9.53 Å². The van der Waals surface area contributed by atoms with Gasteiger partial charge in [-0.3, -0.25) is 4.79 Å². The third-order valence-corrected chi connectivity index (χ3v) is 4.69. The van der Waals surface area contributed by atoms with E-state index in [-0.39, 0.29) is 5.91 Å². The van der Waals surface area contributed by atoms with Gasteiger partial charge < -0.3 is 9.64 Å². The number of benzene rings is 1. The van der Waals surface area contributed by atoms with E-state index in [1.165, 1.54) is 0 Å². The number of halogens is 2. The molecule has 0 N–H and O–H groups in total. The van der Waals surface area contributed by atoms with E-state index in [9.17, 15) is 4.79 Å². The molecule has 3 nitrogen and oxygen atoms in total. The fraction of sp³-hybridized carbons (Fsp3) is 0.500. The average molecular weight is 391 g/mol. The average Bonchev–Trinajstić information content (AvgIpc) is 2.35. The summed E-state index contributed by atoms with van der Waals surface area (Å²) < 4.78 is 6.18. The second-order valence-electron chi connectivity index (χ2n) is 4.96. The van der Waals surface area contributed by atoms with Gasteiger partial charge >= 0.3 is 0 Å². The van der Waals surface area contributed by atoms with Gasteiger partial charge in [0.1, 0.15) is 5.75 Å². The minimum absolute atomic E-state index is 0.0161. The topological polar surface area (TPSA) is 29.5 Å². The third-order valence-electron chi connectivity index (χ3n) is 3.45. The molecule has 1 fully saturated rings. The number of rotatable bonds is 4. The molecule has 0 spiro atoms. The van der Waals surface area contributed by atoms with Crippen LogP contribution in [0.5, 0.6) is 5.75 Å². The lowest BCUT2D eigenvalue weighted by Gasteiger charge is -2.34. The normalized spacial score (nSPS) is 21.7. The molecular weight excluding hydrogens is 374 g/mol. The molecule has 0 atom stereocenters. The lowest BCUT2D eigenvalue weighted by Crippen LogP contribution is -2.37. The van der Waals surface area contributed by atoms with Gasteiger partial charge in [0.25, 0.3) is 5.91 Å². The van der Waals surface area contributed by atoms with E-state index in [2.05, 4.69) is 31.9 Å². The summed E-state index contributed by atoms with van der Waals surface area (Å²) in [5.41, 5.74) is 0.614. The van der Waals surface area contributed by atoms with Gasteiger partial charge in [-0.25, -0.2) is 0 Å². The van der Waals surface area contributed by atoms with Crippen LogP contribution in [0, 0.1) is 5.92 Å². The number of hydrogen-bond acceptors (Lipinski definition) is 2. The van der Waals surface area contributed by atoms with Crippen LogP contribution >= 0.6 is 31.9 Å². The number of methoxy groups -OCH3 is 1. The molecule has 0 saturated heterocycles. The monoisotopic (exact) mass is 389 g/mol. The molecule has 0 radical (unpaired) electrons. The fourth-order valence-corrected chi connectivity index (χ4v) is 3.72. The molecule has 104 valence electrons. The van der Waals surface area contributed by atoms with Crippen molar-refractivity contribution in [1.82, 2.24) is 4.90 Å². The standard InChI is InChI=1S/C14H17Br2NO2/c1-17(8-9-5-11(16)6-9)14(18)12-4-3-10(15)7-13(12)19-2/h3-4,7,9,11H,5-6,8H2,1-2H3. The van der Waals surface area contributed by atoms with E-state index < -0.39 is 0 Å². The number of alkyl halides is 1. The first-order valence-electron chi connectivity index (χ1n) is 6.24. The van der Waals surface area contributed by atoms with Crippen LogP contribution in [0.3, 0.4) is 0 Å². The largest absolute Gasteiger partial charge is 0.496 e. The Kier molecular flexibility index (Phi) is 4.90. The summed E-state index contributed by atoms with van der Waals surface area (Å²) in [4.78, 5) is 14.8. The summed E-state index contributed by atoms with van der Waals surface area (Å²) in [7, 11) is 3.44. The van der Waals surface area contributed by atoms with Gasteiger partial charge in [-0.1, -0.05) is 31.9 Å². The first-order chi connectivity index (χ1) is 9.01. The summed E-state index contributed by atoms with van der Waals surface area (Å²) in [6.07, 6.45) is 2.30. The van der Waals surface area contributed by atoms with Gasteiger partial charge in [-0.15, -0.1) is 0 Å². The Bertz CT molecular complexity index is 473. The van der Waals surface area contributed by atoms with Crippen molar-refractivity contribution in [2.24, 2.45) is 5.92 Å². The highest BCUT2D eigenvalue weighted by molar-refractivity contribution is 9.10. The quantitative estimate of drug-likeness (QED) is 0.733. The van der Waals surface area contributed by atoms with E-state index in [0.29, 0.717) is 22.1 Å². The zero-order valence-electron chi connectivity index (χ0n) is 11.0. The Labute approximate surface area is 130 Å². The van der Waals surface area contributed by atoms with Gasteiger partial charge in [0.2, 0.25) is 0 Å². The molecule has 5 heteroatoms. The van der Waals surface area contributed by atoms with Crippen LogP contribution in [0.25, 0.3) is 0 Å². The Morgan fingerprint density at radius 3 is 2.74 bits per heavy atom. The van der Waals surface area contributed by atoms with Crippen molar-refractivity contribution in [3.63, 3.8) is 0 Å². The number of hydrogen-bond donors (Lipinski definition) is 0. The van der Waals surface area contributed by atoms with E-state index in [0.717, 1.165) is 23.9 Å². The molecule has 0 unspecified atom stereocenters. The van der Waals surface area contributed by atoms with Gasteiger partial charge in [0.15, 0.2) is 0 Å². The molecule has 0 heterocycles. The van der Waals surface area contributed by atoms with Crippen LogP contribution in [0.1, 0.15) is 23.2 Å². The van der Waals surface area contributed by atoms with Crippen LogP contribution in [0.15, 0.2) is 22.7 Å². The molecule has 0 aromatic heterocycles. The highest BCUT2D eigenvalue weighted by Crippen LogP contribution is 2.34. The van der Waals surface area contributed by atoms with Crippen molar-refractivity contribution >= 4 is 37.8 Å². The van der Waals surface area contributed by atoms with Crippen molar-refractivity contribution in [1.29, 1.82) is 0 Å². The summed E-state index contributed by atoms with van der Waals surface area (Å²) >= 11 is 6.95. The number of carbonyl (C=O) groups excluding carboxylic acids is 1. The highest BCUT2D eigenvalue weighted by atomic mass is 79.9. The smallest absolute Gasteiger partial charge is 0.257 e. The van der Waals surface area contributed by atoms with Gasteiger partial charge in [-0.2, -0.15) is 0 Å². The Balaban J connectivity index is 2.06. The Morgan fingerprint density at radius 2 is 2.16 bits per heavy atom. The molecule has 1 amide bonds. The minimum atomic E-state index is 0.0161. The minimum Gasteiger partial charge on any atom is -0.496 e. The molecule has 0 bridgehead atoms. The predicted molar refractivity (Wildman–Crippen MR) is 83.1 cm³/mol. The molecule has 1 saturated carbocycles. The molecule has 1 aromatic carbocycles. The summed E-state index contributed by atoms with van der Waals surface area (Å²) in [5, 5.41) is 0. The summed E-state index contributed by atoms with van der Waals surface area (Å²) in [5.74, 6) is 1.24. The van der Waals surface area contributed by atoms with Crippen molar-refractivity contribution in [3.05, 3.63) is 28.2 Å². The van der Waals surface area contributed by atoms with E-state index in [1.54, 1.807) is 18.1 Å². The van der Waals surface area contributed by atoms with Crippen LogP contribution in [0.2, 0.25) is 0 Å². The molecular formula is C14H17Br2NO2. The van der Waals surface area contributed by atoms with E-state index in [1.807, 2.05) is 19.2 Å². The maximum atomic E-state index is 12.4. The molecule has 1 aromatic rings. The Morgan fingerprint density at radius 1 is 1.47 bits per heavy atom. The summed E-state index contributed by atoms with van der Waals surface area (Å²) in [6, 6.07) is 5.48. The molecule has 2 rings (SSSR count). The predicted octanol–water partition coefficient (Wildman–Crippen LogP) is 3.70. The lowest BCUT2D eigenvalue weighted by molar-refractivity contribution is 0.0745. The Hall–Kier alpha value is -0.550. The van der Waals surface area contributed by atoms with Gasteiger partial charge in [-0.05, 0) is 37.0 Å². The second kappa shape index (κ2) is 6.27. The molecule has 19 heavy (non-hydrogen) atoms. The van der Waals surface area contributed by atoms with E-state index >= 15 is 0 Å². The first kappa shape index (κ1) is 14.9. The van der Waals surface area contributed by atoms with Crippen LogP contribution in [-0.4, -0.2) is 36.3 Å². The van der Waals surface area contributed by atoms with Crippen LogP contribution in [0.4, 0.5) is 0 Å². The highest BCUT2D eigenvalue weighted by Gasteiger charge is 2.29. The lowest BCUT2D eigenvalue weighted by atomic mass is 9.85. The van der Waals surface area contributed by atoms with E-state index in [4.69, 9.17) is 4.74 Å². The van der Waals surface area contributed by atoms with Crippen LogP contribution < -0.4 is 4.74 Å². The SMILES string of the molecule is COc1cc(Br)ccc1C(=O)N(C)CC1CC(Br)C1. The van der Waals surface area contributed by atoms with Gasteiger partial charge in [0, 0.05) is 22.9 Å². The third kappa shape index (κ3) is 3.51. The van der Waals surface area contributed by atoms with Crippen molar-refractivity contribution in [2.75, 3.05) is 20.7 Å². The maximum Gasteiger partial charge on any atom is 0.257 e. The van der Waals surface area contributed by atoms with Crippen LogP contribution in [-0.2, 0) is 0 Å². The summed E-state index contributed by atoms with van der Waals surface area (Å²) in [6.45, 7) is 0.806. The number of ether oxygens (including phenoxy) is 1. The molecule has 0 aliphatic heterocycles. The molecule has 1 aliphatic rings. The first-order valence-corrected chi connectivity index (χ1v) is 7.95. The number of amides is 1. The van der Waals surface area contributed by atoms with Crippen molar-refractivity contribution in [2.45, 2.75) is 17.7 Å². The molecule has 1 aliphatic carbocycles. The number of carbonyl (C=O) groups is 1. The fourth-order valence-electron chi connectivity index (χ4n) is 2.32. The maximum absolute atomic E-state index is 12.4. The van der Waals surface area contributed by atoms with Crippen molar-refractivity contribution in [3.8, 4) is 5.75 Å². The van der Waals surface area contributed by atoms with Gasteiger partial charge in [0.05, 0.1) is 12.7 Å².